The topological polar surface area (TPSA) is 55.1 Å². The number of amides is 1. The summed E-state index contributed by atoms with van der Waals surface area (Å²) in [4.78, 5) is 12.6. The summed E-state index contributed by atoms with van der Waals surface area (Å²) in [7, 11) is 0. The van der Waals surface area contributed by atoms with Crippen molar-refractivity contribution < 1.29 is 4.79 Å². The van der Waals surface area contributed by atoms with E-state index in [2.05, 4.69) is 5.32 Å². The highest BCUT2D eigenvalue weighted by Gasteiger charge is 2.42. The van der Waals surface area contributed by atoms with Crippen molar-refractivity contribution in [2.24, 2.45) is 11.8 Å². The molecule has 2 aliphatic carbocycles. The van der Waals surface area contributed by atoms with E-state index in [1.54, 1.807) is 0 Å². The van der Waals surface area contributed by atoms with Gasteiger partial charge < -0.3 is 11.1 Å². The van der Waals surface area contributed by atoms with E-state index >= 15 is 0 Å². The van der Waals surface area contributed by atoms with Gasteiger partial charge >= 0.3 is 0 Å². The van der Waals surface area contributed by atoms with E-state index in [0.29, 0.717) is 29.1 Å². The summed E-state index contributed by atoms with van der Waals surface area (Å²) < 4.78 is 0. The van der Waals surface area contributed by atoms with Crippen molar-refractivity contribution >= 4 is 22.4 Å². The van der Waals surface area contributed by atoms with Crippen LogP contribution in [-0.4, -0.2) is 11.9 Å². The highest BCUT2D eigenvalue weighted by molar-refractivity contribution is 6.04. The maximum Gasteiger partial charge on any atom is 0.253 e. The number of carbonyl (C=O) groups is 1. The summed E-state index contributed by atoms with van der Waals surface area (Å²) in [5, 5.41) is 5.38. The molecule has 0 unspecified atom stereocenters. The zero-order valence-electron chi connectivity index (χ0n) is 12.0. The van der Waals surface area contributed by atoms with Crippen LogP contribution in [0.2, 0.25) is 0 Å². The maximum atomic E-state index is 12.6. The van der Waals surface area contributed by atoms with E-state index in [1.807, 2.05) is 36.4 Å². The van der Waals surface area contributed by atoms with Gasteiger partial charge in [0.15, 0.2) is 0 Å². The molecule has 21 heavy (non-hydrogen) atoms. The van der Waals surface area contributed by atoms with E-state index in [9.17, 15) is 4.79 Å². The molecule has 0 bridgehead atoms. The number of anilines is 1. The Bertz CT molecular complexity index is 689. The van der Waals surface area contributed by atoms with Crippen LogP contribution in [0, 0.1) is 11.8 Å². The molecule has 3 N–H and O–H groups in total. The molecule has 2 aromatic carbocycles. The van der Waals surface area contributed by atoms with Gasteiger partial charge in [0.2, 0.25) is 0 Å². The predicted octanol–water partition coefficient (Wildman–Crippen LogP) is 3.34. The van der Waals surface area contributed by atoms with Crippen molar-refractivity contribution in [2.75, 3.05) is 5.73 Å². The van der Waals surface area contributed by atoms with Crippen molar-refractivity contribution in [3.63, 3.8) is 0 Å². The van der Waals surface area contributed by atoms with Crippen LogP contribution in [0.15, 0.2) is 36.4 Å². The third-order valence-corrected chi connectivity index (χ3v) is 4.72. The lowest BCUT2D eigenvalue weighted by molar-refractivity contribution is 0.0927. The number of benzene rings is 2. The summed E-state index contributed by atoms with van der Waals surface area (Å²) in [6.45, 7) is 0. The highest BCUT2D eigenvalue weighted by Crippen LogP contribution is 2.44. The predicted molar refractivity (Wildman–Crippen MR) is 85.1 cm³/mol. The molecule has 2 aromatic rings. The lowest BCUT2D eigenvalue weighted by Crippen LogP contribution is -2.38. The summed E-state index contributed by atoms with van der Waals surface area (Å²) >= 11 is 0. The number of nitrogens with two attached hydrogens (primary N) is 1. The Morgan fingerprint density at radius 2 is 1.62 bits per heavy atom. The lowest BCUT2D eigenvalue weighted by Gasteiger charge is -2.18. The number of rotatable bonds is 4. The molecule has 2 fully saturated rings. The first-order valence-electron chi connectivity index (χ1n) is 7.81. The molecule has 0 aliphatic heterocycles. The average molecular weight is 280 g/mol. The van der Waals surface area contributed by atoms with E-state index in [4.69, 9.17) is 5.73 Å². The number of nitrogen functional groups attached to an aromatic ring is 1. The third kappa shape index (κ3) is 2.48. The second-order valence-corrected chi connectivity index (χ2v) is 6.46. The molecule has 0 aromatic heterocycles. The molecule has 1 amide bonds. The largest absolute Gasteiger partial charge is 0.398 e. The Morgan fingerprint density at radius 1 is 1.05 bits per heavy atom. The smallest absolute Gasteiger partial charge is 0.253 e. The molecule has 108 valence electrons. The first kappa shape index (κ1) is 12.7. The molecule has 4 rings (SSSR count). The molecule has 0 spiro atoms. The van der Waals surface area contributed by atoms with Gasteiger partial charge in [0, 0.05) is 11.7 Å². The van der Waals surface area contributed by atoms with Crippen molar-refractivity contribution in [1.29, 1.82) is 0 Å². The second kappa shape index (κ2) is 4.76. The van der Waals surface area contributed by atoms with Crippen molar-refractivity contribution in [3.8, 4) is 0 Å². The number of carbonyl (C=O) groups excluding carboxylic acids is 1. The van der Waals surface area contributed by atoms with Gasteiger partial charge in [-0.2, -0.15) is 0 Å². The number of fused-ring (bicyclic) bond motifs is 1. The molecule has 3 heteroatoms. The fourth-order valence-corrected chi connectivity index (χ4v) is 3.21. The van der Waals surface area contributed by atoms with Crippen molar-refractivity contribution in [1.82, 2.24) is 5.32 Å². The standard InChI is InChI=1S/C18H20N2O/c19-16-10-14-4-2-1-3-13(14)9-15(16)18(21)20-17(11-5-6-11)12-7-8-12/h1-4,9-12,17H,5-8,19H2,(H,20,21). The average Bonchev–Trinajstić information content (AvgIpc) is 3.37. The fraction of sp³-hybridized carbons (Fsp3) is 0.389. The van der Waals surface area contributed by atoms with Crippen LogP contribution in [0.1, 0.15) is 36.0 Å². The molecular formula is C18H20N2O. The van der Waals surface area contributed by atoms with Gasteiger partial charge in [-0.25, -0.2) is 0 Å². The second-order valence-electron chi connectivity index (χ2n) is 6.46. The van der Waals surface area contributed by atoms with Crippen LogP contribution in [0.4, 0.5) is 5.69 Å². The summed E-state index contributed by atoms with van der Waals surface area (Å²) in [5.74, 6) is 1.38. The first-order valence-corrected chi connectivity index (χ1v) is 7.81. The minimum atomic E-state index is -0.0120. The Hall–Kier alpha value is -2.03. The van der Waals surface area contributed by atoms with Crippen LogP contribution >= 0.6 is 0 Å². The van der Waals surface area contributed by atoms with Crippen molar-refractivity contribution in [2.45, 2.75) is 31.7 Å². The molecular weight excluding hydrogens is 260 g/mol. The Kier molecular flexibility index (Phi) is 2.88. The van der Waals surface area contributed by atoms with Gasteiger partial charge in [0.05, 0.1) is 5.56 Å². The molecule has 3 nitrogen and oxygen atoms in total. The first-order chi connectivity index (χ1) is 10.2. The van der Waals surface area contributed by atoms with Gasteiger partial charge in [0.25, 0.3) is 5.91 Å². The van der Waals surface area contributed by atoms with E-state index in [1.165, 1.54) is 25.7 Å². The molecule has 0 saturated heterocycles. The summed E-state index contributed by atoms with van der Waals surface area (Å²) in [5.41, 5.74) is 7.26. The molecule has 2 aliphatic rings. The van der Waals surface area contributed by atoms with Crippen LogP contribution in [0.5, 0.6) is 0 Å². The molecule has 0 radical (unpaired) electrons. The van der Waals surface area contributed by atoms with Crippen LogP contribution < -0.4 is 11.1 Å². The summed E-state index contributed by atoms with van der Waals surface area (Å²) in [6, 6.07) is 12.2. The minimum Gasteiger partial charge on any atom is -0.398 e. The quantitative estimate of drug-likeness (QED) is 0.844. The monoisotopic (exact) mass is 280 g/mol. The van der Waals surface area contributed by atoms with Gasteiger partial charge in [-0.3, -0.25) is 4.79 Å². The van der Waals surface area contributed by atoms with Gasteiger partial charge in [0.1, 0.15) is 0 Å². The Labute approximate surface area is 124 Å². The molecule has 0 atom stereocenters. The van der Waals surface area contributed by atoms with Gasteiger partial charge in [-0.1, -0.05) is 24.3 Å². The van der Waals surface area contributed by atoms with E-state index in [-0.39, 0.29) is 5.91 Å². The lowest BCUT2D eigenvalue weighted by atomic mass is 10.0. The number of nitrogens with one attached hydrogen (secondary N) is 1. The van der Waals surface area contributed by atoms with E-state index < -0.39 is 0 Å². The number of hydrogen-bond donors (Lipinski definition) is 2. The van der Waals surface area contributed by atoms with Crippen LogP contribution in [-0.2, 0) is 0 Å². The van der Waals surface area contributed by atoms with Crippen LogP contribution in [0.25, 0.3) is 10.8 Å². The van der Waals surface area contributed by atoms with Crippen molar-refractivity contribution in [3.05, 3.63) is 42.0 Å². The fourth-order valence-electron chi connectivity index (χ4n) is 3.21. The SMILES string of the molecule is Nc1cc2ccccc2cc1C(=O)NC(C1CC1)C1CC1. The number of hydrogen-bond acceptors (Lipinski definition) is 2. The minimum absolute atomic E-state index is 0.0120. The molecule has 2 saturated carbocycles. The van der Waals surface area contributed by atoms with Gasteiger partial charge in [-0.05, 0) is 60.4 Å². The van der Waals surface area contributed by atoms with E-state index in [0.717, 1.165) is 10.8 Å². The summed E-state index contributed by atoms with van der Waals surface area (Å²) in [6.07, 6.45) is 5.03. The zero-order chi connectivity index (χ0) is 14.4. The Balaban J connectivity index is 1.62. The zero-order valence-corrected chi connectivity index (χ0v) is 12.0. The third-order valence-electron chi connectivity index (χ3n) is 4.72. The normalized spacial score (nSPS) is 18.1. The van der Waals surface area contributed by atoms with Crippen LogP contribution in [0.3, 0.4) is 0 Å². The Morgan fingerprint density at radius 3 is 2.19 bits per heavy atom. The maximum absolute atomic E-state index is 12.6. The highest BCUT2D eigenvalue weighted by atomic mass is 16.1. The molecule has 0 heterocycles. The van der Waals surface area contributed by atoms with Gasteiger partial charge in [-0.15, -0.1) is 0 Å².